The molecule has 3 heterocycles. The molecule has 1 fully saturated rings. The number of fused-ring (bicyclic) bond motifs is 1. The number of aryl methyl sites for hydroxylation is 2. The van der Waals surface area contributed by atoms with E-state index in [0.717, 1.165) is 23.0 Å². The van der Waals surface area contributed by atoms with Crippen LogP contribution in [0, 0.1) is 0 Å². The van der Waals surface area contributed by atoms with E-state index in [0.29, 0.717) is 25.3 Å². The number of amides is 1. The minimum absolute atomic E-state index is 0.0125. The van der Waals surface area contributed by atoms with Crippen molar-refractivity contribution in [3.63, 3.8) is 0 Å². The molecule has 1 amide bonds. The standard InChI is InChI=1S/C18H24N4O5/c1-4-11-8-20-16-14(15(11)26-3)17(24)22(18(25)21(16)2)10-13(23)19-9-12-6-5-7-27-12/h8,12H,4-7,9-10H2,1-3H3,(H,19,23)/t12-/m1/s1. The van der Waals surface area contributed by atoms with Gasteiger partial charge in [-0.2, -0.15) is 0 Å². The van der Waals surface area contributed by atoms with Crippen LogP contribution in [0.3, 0.4) is 0 Å². The zero-order valence-corrected chi connectivity index (χ0v) is 15.8. The molecule has 2 aromatic rings. The molecule has 2 aromatic heterocycles. The van der Waals surface area contributed by atoms with Gasteiger partial charge in [0.1, 0.15) is 17.7 Å². The van der Waals surface area contributed by atoms with Gasteiger partial charge >= 0.3 is 5.69 Å². The summed E-state index contributed by atoms with van der Waals surface area (Å²) in [5, 5.41) is 2.93. The van der Waals surface area contributed by atoms with E-state index in [4.69, 9.17) is 9.47 Å². The van der Waals surface area contributed by atoms with Gasteiger partial charge in [0.15, 0.2) is 5.65 Å². The topological polar surface area (TPSA) is 104 Å². The average Bonchev–Trinajstić information content (AvgIpc) is 3.20. The van der Waals surface area contributed by atoms with Gasteiger partial charge in [-0.3, -0.25) is 14.2 Å². The molecule has 0 unspecified atom stereocenters. The van der Waals surface area contributed by atoms with Gasteiger partial charge in [-0.1, -0.05) is 6.92 Å². The molecular formula is C18H24N4O5. The molecule has 0 aliphatic carbocycles. The third-order valence-corrected chi connectivity index (χ3v) is 4.82. The zero-order chi connectivity index (χ0) is 19.6. The van der Waals surface area contributed by atoms with Crippen LogP contribution < -0.4 is 21.3 Å². The predicted octanol–water partition coefficient (Wildman–Crippen LogP) is -0.0386. The van der Waals surface area contributed by atoms with Gasteiger partial charge in [-0.15, -0.1) is 0 Å². The van der Waals surface area contributed by atoms with Crippen molar-refractivity contribution < 1.29 is 14.3 Å². The fourth-order valence-electron chi connectivity index (χ4n) is 3.32. The largest absolute Gasteiger partial charge is 0.495 e. The summed E-state index contributed by atoms with van der Waals surface area (Å²) >= 11 is 0. The lowest BCUT2D eigenvalue weighted by Crippen LogP contribution is -2.44. The number of carbonyl (C=O) groups is 1. The Morgan fingerprint density at radius 2 is 2.22 bits per heavy atom. The Morgan fingerprint density at radius 3 is 2.85 bits per heavy atom. The maximum atomic E-state index is 13.0. The average molecular weight is 376 g/mol. The number of ether oxygens (including phenoxy) is 2. The van der Waals surface area contributed by atoms with E-state index in [2.05, 4.69) is 10.3 Å². The number of nitrogens with zero attached hydrogens (tertiary/aromatic N) is 3. The molecule has 0 bridgehead atoms. The first kappa shape index (κ1) is 19.1. The van der Waals surface area contributed by atoms with Crippen LogP contribution in [-0.2, 0) is 29.5 Å². The van der Waals surface area contributed by atoms with Gasteiger partial charge in [0.2, 0.25) is 5.91 Å². The number of methoxy groups -OCH3 is 1. The highest BCUT2D eigenvalue weighted by molar-refractivity contribution is 5.83. The number of pyridine rings is 1. The molecule has 1 N–H and O–H groups in total. The highest BCUT2D eigenvalue weighted by Gasteiger charge is 2.21. The van der Waals surface area contributed by atoms with Crippen molar-refractivity contribution in [2.24, 2.45) is 7.05 Å². The molecule has 1 aliphatic heterocycles. The van der Waals surface area contributed by atoms with E-state index >= 15 is 0 Å². The van der Waals surface area contributed by atoms with E-state index in [1.165, 1.54) is 18.7 Å². The van der Waals surface area contributed by atoms with Gasteiger partial charge < -0.3 is 14.8 Å². The molecule has 27 heavy (non-hydrogen) atoms. The van der Waals surface area contributed by atoms with Gasteiger partial charge in [0.05, 0.1) is 13.2 Å². The summed E-state index contributed by atoms with van der Waals surface area (Å²) in [5.41, 5.74) is -0.191. The number of aromatic nitrogens is 3. The van der Waals surface area contributed by atoms with Crippen molar-refractivity contribution in [2.45, 2.75) is 38.8 Å². The van der Waals surface area contributed by atoms with Crippen LogP contribution in [0.5, 0.6) is 5.75 Å². The second-order valence-corrected chi connectivity index (χ2v) is 6.54. The monoisotopic (exact) mass is 376 g/mol. The minimum atomic E-state index is -0.599. The fourth-order valence-corrected chi connectivity index (χ4v) is 3.32. The van der Waals surface area contributed by atoms with Crippen molar-refractivity contribution in [3.8, 4) is 5.75 Å². The number of rotatable bonds is 6. The summed E-state index contributed by atoms with van der Waals surface area (Å²) in [6, 6.07) is 0. The Bertz CT molecular complexity index is 972. The molecule has 0 aromatic carbocycles. The van der Waals surface area contributed by atoms with Crippen molar-refractivity contribution in [2.75, 3.05) is 20.3 Å². The van der Waals surface area contributed by atoms with E-state index in [1.54, 1.807) is 6.20 Å². The third-order valence-electron chi connectivity index (χ3n) is 4.82. The van der Waals surface area contributed by atoms with Crippen LogP contribution in [0.1, 0.15) is 25.3 Å². The van der Waals surface area contributed by atoms with E-state index in [9.17, 15) is 14.4 Å². The van der Waals surface area contributed by atoms with Crippen LogP contribution in [0.4, 0.5) is 0 Å². The molecule has 1 atom stereocenters. The Kier molecular flexibility index (Phi) is 5.59. The van der Waals surface area contributed by atoms with Crippen molar-refractivity contribution in [1.82, 2.24) is 19.4 Å². The highest BCUT2D eigenvalue weighted by Crippen LogP contribution is 2.24. The smallest absolute Gasteiger partial charge is 0.332 e. The Hall–Kier alpha value is -2.68. The molecule has 0 saturated carbocycles. The maximum Gasteiger partial charge on any atom is 0.332 e. The first-order valence-corrected chi connectivity index (χ1v) is 9.01. The van der Waals surface area contributed by atoms with Crippen molar-refractivity contribution in [1.29, 1.82) is 0 Å². The molecule has 146 valence electrons. The number of hydrogen-bond acceptors (Lipinski definition) is 6. The van der Waals surface area contributed by atoms with Crippen LogP contribution in [-0.4, -0.2) is 46.4 Å². The van der Waals surface area contributed by atoms with Crippen molar-refractivity contribution >= 4 is 16.9 Å². The first-order valence-electron chi connectivity index (χ1n) is 9.01. The number of hydrogen-bond donors (Lipinski definition) is 1. The molecule has 0 radical (unpaired) electrons. The van der Waals surface area contributed by atoms with E-state index in [1.807, 2.05) is 6.92 Å². The van der Waals surface area contributed by atoms with E-state index in [-0.39, 0.29) is 23.7 Å². The van der Waals surface area contributed by atoms with Crippen molar-refractivity contribution in [3.05, 3.63) is 32.6 Å². The van der Waals surface area contributed by atoms with Gasteiger partial charge in [0, 0.05) is 32.0 Å². The number of nitrogens with one attached hydrogen (secondary N) is 1. The molecule has 1 aliphatic rings. The second-order valence-electron chi connectivity index (χ2n) is 6.54. The highest BCUT2D eigenvalue weighted by atomic mass is 16.5. The Labute approximate surface area is 155 Å². The Balaban J connectivity index is 1.98. The number of carbonyl (C=O) groups excluding carboxylic acids is 1. The lowest BCUT2D eigenvalue weighted by atomic mass is 10.1. The zero-order valence-electron chi connectivity index (χ0n) is 15.8. The third kappa shape index (κ3) is 3.59. The summed E-state index contributed by atoms with van der Waals surface area (Å²) in [4.78, 5) is 42.1. The van der Waals surface area contributed by atoms with Gasteiger partial charge in [-0.25, -0.2) is 14.3 Å². The summed E-state index contributed by atoms with van der Waals surface area (Å²) in [6.45, 7) is 2.61. The van der Waals surface area contributed by atoms with Crippen LogP contribution in [0.2, 0.25) is 0 Å². The first-order chi connectivity index (χ1) is 13.0. The molecule has 3 rings (SSSR count). The minimum Gasteiger partial charge on any atom is -0.495 e. The lowest BCUT2D eigenvalue weighted by molar-refractivity contribution is -0.122. The molecule has 9 nitrogen and oxygen atoms in total. The summed E-state index contributed by atoms with van der Waals surface area (Å²) in [5.74, 6) is -0.0285. The normalized spacial score (nSPS) is 16.6. The Morgan fingerprint density at radius 1 is 1.44 bits per heavy atom. The summed E-state index contributed by atoms with van der Waals surface area (Å²) in [7, 11) is 2.99. The second kappa shape index (κ2) is 7.91. The fraction of sp³-hybridized carbons (Fsp3) is 0.556. The predicted molar refractivity (Wildman–Crippen MR) is 99.2 cm³/mol. The molecule has 0 spiro atoms. The maximum absolute atomic E-state index is 13.0. The van der Waals surface area contributed by atoms with Crippen LogP contribution >= 0.6 is 0 Å². The van der Waals surface area contributed by atoms with Crippen LogP contribution in [0.15, 0.2) is 15.8 Å². The van der Waals surface area contributed by atoms with Gasteiger partial charge in [0.25, 0.3) is 5.56 Å². The summed E-state index contributed by atoms with van der Waals surface area (Å²) < 4.78 is 13.0. The molecular weight excluding hydrogens is 352 g/mol. The molecule has 1 saturated heterocycles. The molecule has 9 heteroatoms. The SMILES string of the molecule is CCc1cnc2c(c1OC)c(=O)n(CC(=O)NC[C@H]1CCCO1)c(=O)n2C. The van der Waals surface area contributed by atoms with Gasteiger partial charge in [-0.05, 0) is 19.3 Å². The lowest BCUT2D eigenvalue weighted by Gasteiger charge is -2.15. The van der Waals surface area contributed by atoms with Crippen LogP contribution in [0.25, 0.3) is 11.0 Å². The van der Waals surface area contributed by atoms with E-state index < -0.39 is 17.2 Å². The quantitative estimate of drug-likeness (QED) is 0.759. The summed E-state index contributed by atoms with van der Waals surface area (Å²) in [6.07, 6.45) is 4.06.